The van der Waals surface area contributed by atoms with Crippen LogP contribution in [0.2, 0.25) is 0 Å². The second-order valence-electron chi connectivity index (χ2n) is 4.07. The van der Waals surface area contributed by atoms with Crippen LogP contribution >= 0.6 is 0 Å². The number of aliphatic hydroxyl groups is 1. The van der Waals surface area contributed by atoms with Gasteiger partial charge in [0.2, 0.25) is 0 Å². The molecule has 0 aliphatic heterocycles. The number of hydrogen-bond donors (Lipinski definition) is 1. The maximum absolute atomic E-state index is 13.0. The van der Waals surface area contributed by atoms with Gasteiger partial charge in [0.25, 0.3) is 0 Å². The molecule has 0 aliphatic carbocycles. The van der Waals surface area contributed by atoms with Crippen molar-refractivity contribution in [2.24, 2.45) is 0 Å². The Labute approximate surface area is 87.5 Å². The third kappa shape index (κ3) is 3.16. The number of ether oxygens (including phenoxy) is 1. The maximum atomic E-state index is 13.0. The lowest BCUT2D eigenvalue weighted by atomic mass is 9.98. The molecule has 0 unspecified atom stereocenters. The van der Waals surface area contributed by atoms with Crippen molar-refractivity contribution in [2.45, 2.75) is 25.9 Å². The van der Waals surface area contributed by atoms with Crippen molar-refractivity contribution in [3.05, 3.63) is 29.3 Å². The third-order valence-corrected chi connectivity index (χ3v) is 1.95. The molecule has 84 valence electrons. The highest BCUT2D eigenvalue weighted by Crippen LogP contribution is 2.25. The van der Waals surface area contributed by atoms with Crippen LogP contribution in [0.1, 0.15) is 19.4 Å². The molecule has 1 aromatic rings. The van der Waals surface area contributed by atoms with Gasteiger partial charge in [0.1, 0.15) is 5.75 Å². The fourth-order valence-electron chi connectivity index (χ4n) is 1.36. The molecule has 0 spiro atoms. The minimum atomic E-state index is -0.989. The summed E-state index contributed by atoms with van der Waals surface area (Å²) in [5.74, 6) is -1.64. The molecule has 2 nitrogen and oxygen atoms in total. The van der Waals surface area contributed by atoms with Crippen LogP contribution in [0.3, 0.4) is 0 Å². The van der Waals surface area contributed by atoms with E-state index in [4.69, 9.17) is 4.74 Å². The van der Waals surface area contributed by atoms with Gasteiger partial charge in [-0.2, -0.15) is 0 Å². The highest BCUT2D eigenvalue weighted by molar-refractivity contribution is 5.35. The minimum absolute atomic E-state index is 0.202. The Morgan fingerprint density at radius 3 is 2.27 bits per heavy atom. The molecule has 1 N–H and O–H groups in total. The zero-order valence-electron chi connectivity index (χ0n) is 8.97. The van der Waals surface area contributed by atoms with Gasteiger partial charge < -0.3 is 9.84 Å². The van der Waals surface area contributed by atoms with E-state index in [9.17, 15) is 13.9 Å². The average molecular weight is 216 g/mol. The van der Waals surface area contributed by atoms with E-state index >= 15 is 0 Å². The predicted octanol–water partition coefficient (Wildman–Crippen LogP) is 2.29. The molecule has 0 aliphatic rings. The second-order valence-corrected chi connectivity index (χ2v) is 4.07. The summed E-state index contributed by atoms with van der Waals surface area (Å²) in [5, 5.41) is 9.58. The number of hydrogen-bond acceptors (Lipinski definition) is 2. The van der Waals surface area contributed by atoms with E-state index in [2.05, 4.69) is 0 Å². The zero-order valence-corrected chi connectivity index (χ0v) is 8.97. The van der Waals surface area contributed by atoms with Gasteiger partial charge >= 0.3 is 0 Å². The second kappa shape index (κ2) is 4.14. The van der Waals surface area contributed by atoms with Gasteiger partial charge in [0, 0.05) is 18.1 Å². The number of benzene rings is 1. The molecule has 0 radical (unpaired) electrons. The molecular weight excluding hydrogens is 202 g/mol. The molecule has 0 bridgehead atoms. The van der Waals surface area contributed by atoms with Gasteiger partial charge in [-0.05, 0) is 19.9 Å². The van der Waals surface area contributed by atoms with Gasteiger partial charge in [-0.25, -0.2) is 8.78 Å². The molecular formula is C11H14F2O2. The van der Waals surface area contributed by atoms with Crippen molar-refractivity contribution in [3.63, 3.8) is 0 Å². The Hall–Kier alpha value is -1.16. The molecule has 0 amide bonds. The summed E-state index contributed by atoms with van der Waals surface area (Å²) < 4.78 is 30.7. The fourth-order valence-corrected chi connectivity index (χ4v) is 1.36. The molecule has 15 heavy (non-hydrogen) atoms. The van der Waals surface area contributed by atoms with Crippen molar-refractivity contribution < 1.29 is 18.6 Å². The first-order valence-corrected chi connectivity index (χ1v) is 4.58. The average Bonchev–Trinajstić information content (AvgIpc) is 2.08. The molecule has 0 saturated heterocycles. The summed E-state index contributed by atoms with van der Waals surface area (Å²) >= 11 is 0. The number of halogens is 2. The van der Waals surface area contributed by atoms with Crippen LogP contribution in [0.4, 0.5) is 8.78 Å². The monoisotopic (exact) mass is 216 g/mol. The summed E-state index contributed by atoms with van der Waals surface area (Å²) in [6.07, 6.45) is 0.202. The van der Waals surface area contributed by atoms with Crippen LogP contribution in [-0.2, 0) is 6.42 Å². The first kappa shape index (κ1) is 11.9. The number of methoxy groups -OCH3 is 1. The quantitative estimate of drug-likeness (QED) is 0.840. The van der Waals surface area contributed by atoms with Crippen molar-refractivity contribution in [2.75, 3.05) is 7.11 Å². The van der Waals surface area contributed by atoms with E-state index < -0.39 is 17.2 Å². The predicted molar refractivity (Wildman–Crippen MR) is 52.9 cm³/mol. The van der Waals surface area contributed by atoms with Gasteiger partial charge in [-0.3, -0.25) is 0 Å². The summed E-state index contributed by atoms with van der Waals surface area (Å²) in [6.45, 7) is 3.18. The summed E-state index contributed by atoms with van der Waals surface area (Å²) in [5.41, 5.74) is -0.540. The van der Waals surface area contributed by atoms with Gasteiger partial charge in [0.15, 0.2) is 11.6 Å². The molecule has 1 rings (SSSR count). The SMILES string of the molecule is COc1cc(F)c(F)cc1CC(C)(C)O. The third-order valence-electron chi connectivity index (χ3n) is 1.95. The smallest absolute Gasteiger partial charge is 0.162 e. The Kier molecular flexibility index (Phi) is 3.29. The molecule has 0 saturated carbocycles. The number of rotatable bonds is 3. The van der Waals surface area contributed by atoms with E-state index in [1.54, 1.807) is 13.8 Å². The fraction of sp³-hybridized carbons (Fsp3) is 0.455. The minimum Gasteiger partial charge on any atom is -0.496 e. The Morgan fingerprint density at radius 2 is 1.80 bits per heavy atom. The molecule has 0 fully saturated rings. The van der Waals surface area contributed by atoms with Crippen LogP contribution < -0.4 is 4.74 Å². The van der Waals surface area contributed by atoms with Crippen molar-refractivity contribution in [1.82, 2.24) is 0 Å². The van der Waals surface area contributed by atoms with Gasteiger partial charge in [0.05, 0.1) is 12.7 Å². The van der Waals surface area contributed by atoms with E-state index in [1.807, 2.05) is 0 Å². The Bertz CT molecular complexity index is 356. The summed E-state index contributed by atoms with van der Waals surface area (Å²) in [7, 11) is 1.38. The zero-order chi connectivity index (χ0) is 11.6. The van der Waals surface area contributed by atoms with Crippen molar-refractivity contribution in [3.8, 4) is 5.75 Å². The van der Waals surface area contributed by atoms with Crippen LogP contribution in [0.25, 0.3) is 0 Å². The van der Waals surface area contributed by atoms with E-state index in [0.29, 0.717) is 5.56 Å². The molecule has 0 heterocycles. The summed E-state index contributed by atoms with van der Waals surface area (Å²) in [4.78, 5) is 0. The van der Waals surface area contributed by atoms with Gasteiger partial charge in [-0.15, -0.1) is 0 Å². The Balaban J connectivity index is 3.11. The lowest BCUT2D eigenvalue weighted by Gasteiger charge is -2.19. The van der Waals surface area contributed by atoms with Crippen molar-refractivity contribution >= 4 is 0 Å². The standard InChI is InChI=1S/C11H14F2O2/c1-11(2,14)6-7-4-8(12)9(13)5-10(7)15-3/h4-5,14H,6H2,1-3H3. The van der Waals surface area contributed by atoms with Crippen LogP contribution in [0, 0.1) is 11.6 Å². The largest absolute Gasteiger partial charge is 0.496 e. The van der Waals surface area contributed by atoms with Crippen LogP contribution in [-0.4, -0.2) is 17.8 Å². The van der Waals surface area contributed by atoms with E-state index in [0.717, 1.165) is 12.1 Å². The highest BCUT2D eigenvalue weighted by Gasteiger charge is 2.18. The lowest BCUT2D eigenvalue weighted by molar-refractivity contribution is 0.0801. The maximum Gasteiger partial charge on any atom is 0.162 e. The van der Waals surface area contributed by atoms with E-state index in [1.165, 1.54) is 7.11 Å². The normalized spacial score (nSPS) is 11.6. The van der Waals surface area contributed by atoms with E-state index in [-0.39, 0.29) is 12.2 Å². The van der Waals surface area contributed by atoms with Crippen molar-refractivity contribution in [1.29, 1.82) is 0 Å². The molecule has 1 aromatic carbocycles. The summed E-state index contributed by atoms with van der Waals surface area (Å²) in [6, 6.07) is 2.03. The van der Waals surface area contributed by atoms with Gasteiger partial charge in [-0.1, -0.05) is 0 Å². The van der Waals surface area contributed by atoms with Crippen LogP contribution in [0.15, 0.2) is 12.1 Å². The van der Waals surface area contributed by atoms with Crippen LogP contribution in [0.5, 0.6) is 5.75 Å². The first-order chi connectivity index (χ1) is 6.83. The molecule has 4 heteroatoms. The molecule has 0 atom stereocenters. The highest BCUT2D eigenvalue weighted by atomic mass is 19.2. The topological polar surface area (TPSA) is 29.5 Å². The molecule has 0 aromatic heterocycles. The first-order valence-electron chi connectivity index (χ1n) is 4.58. The Morgan fingerprint density at radius 1 is 1.27 bits per heavy atom. The lowest BCUT2D eigenvalue weighted by Crippen LogP contribution is -2.22.